The van der Waals surface area contributed by atoms with E-state index >= 15 is 0 Å². The minimum Gasteiger partial charge on any atom is -0.391 e. The van der Waals surface area contributed by atoms with Crippen molar-refractivity contribution in [3.8, 4) is 0 Å². The van der Waals surface area contributed by atoms with E-state index in [0.29, 0.717) is 12.3 Å². The number of aliphatic hydroxyl groups excluding tert-OH is 1. The largest absolute Gasteiger partial charge is 0.391 e. The number of hydrogen-bond donors (Lipinski definition) is 2. The van der Waals surface area contributed by atoms with Crippen molar-refractivity contribution in [3.63, 3.8) is 0 Å². The molecule has 0 bridgehead atoms. The van der Waals surface area contributed by atoms with Gasteiger partial charge in [-0.05, 0) is 24.7 Å². The molecule has 4 atom stereocenters. The Hall–Kier alpha value is -2.75. The van der Waals surface area contributed by atoms with Crippen molar-refractivity contribution in [2.75, 3.05) is 6.54 Å². The first-order valence-electron chi connectivity index (χ1n) is 11.9. The molecule has 10 nitrogen and oxygen atoms in total. The van der Waals surface area contributed by atoms with E-state index in [2.05, 4.69) is 25.2 Å². The molecule has 2 amide bonds. The van der Waals surface area contributed by atoms with E-state index in [1.807, 2.05) is 39.5 Å². The van der Waals surface area contributed by atoms with Crippen LogP contribution in [0.15, 0.2) is 18.7 Å². The van der Waals surface area contributed by atoms with Crippen molar-refractivity contribution in [2.45, 2.75) is 89.6 Å². The monoisotopic (exact) mass is 455 g/mol. The highest BCUT2D eigenvalue weighted by Gasteiger charge is 2.45. The van der Waals surface area contributed by atoms with Crippen LogP contribution in [0.5, 0.6) is 0 Å². The van der Waals surface area contributed by atoms with Crippen LogP contribution in [0, 0.1) is 5.41 Å². The zero-order valence-electron chi connectivity index (χ0n) is 19.5. The number of amides is 2. The number of carbonyl (C=O) groups is 2. The fraction of sp³-hybridized carbons (Fsp3) is 0.696. The summed E-state index contributed by atoms with van der Waals surface area (Å²) in [5.74, 6) is 0.0318. The smallest absolute Gasteiger partial charge is 0.248 e. The maximum Gasteiger partial charge on any atom is 0.248 e. The number of hydrogen-bond acceptors (Lipinski definition) is 6. The van der Waals surface area contributed by atoms with Crippen LogP contribution in [0.3, 0.4) is 0 Å². The first kappa shape index (κ1) is 22.1. The van der Waals surface area contributed by atoms with E-state index in [1.54, 1.807) is 9.58 Å². The van der Waals surface area contributed by atoms with Crippen molar-refractivity contribution in [1.82, 2.24) is 34.8 Å². The van der Waals surface area contributed by atoms with Crippen LogP contribution in [0.2, 0.25) is 0 Å². The molecule has 1 saturated carbocycles. The first-order chi connectivity index (χ1) is 15.7. The molecule has 0 spiro atoms. The zero-order chi connectivity index (χ0) is 23.3. The van der Waals surface area contributed by atoms with Gasteiger partial charge in [0.2, 0.25) is 11.8 Å². The van der Waals surface area contributed by atoms with Gasteiger partial charge in [-0.15, -0.1) is 5.10 Å². The predicted molar refractivity (Wildman–Crippen MR) is 119 cm³/mol. The second kappa shape index (κ2) is 8.23. The van der Waals surface area contributed by atoms with Gasteiger partial charge in [-0.1, -0.05) is 26.0 Å². The standard InChI is InChI=1S/C23H33N7O3/c1-23(2,3)20(30-12-18(26-27-30)14-4-5-14)22(33)29-11-17(31)9-19(29)21(32)25-15-6-7-28-13-24-10-16(28)8-15/h10,12-15,17,19-20,31H,4-9,11H2,1-3H3,(H,25,32)/t15?,17?,19?,20-/m0/s1. The third-order valence-corrected chi connectivity index (χ3v) is 7.03. The Morgan fingerprint density at radius 3 is 2.76 bits per heavy atom. The summed E-state index contributed by atoms with van der Waals surface area (Å²) in [5, 5.41) is 22.1. The van der Waals surface area contributed by atoms with Gasteiger partial charge in [-0.3, -0.25) is 9.59 Å². The maximum absolute atomic E-state index is 13.8. The third-order valence-electron chi connectivity index (χ3n) is 7.03. The Morgan fingerprint density at radius 1 is 1.24 bits per heavy atom. The number of aliphatic hydroxyl groups is 1. The van der Waals surface area contributed by atoms with Crippen LogP contribution in [0.1, 0.15) is 69.8 Å². The molecular weight excluding hydrogens is 422 g/mol. The number of rotatable bonds is 5. The number of fused-ring (bicyclic) bond motifs is 1. The maximum atomic E-state index is 13.8. The number of likely N-dealkylation sites (tertiary alicyclic amines) is 1. The Balaban J connectivity index is 1.33. The summed E-state index contributed by atoms with van der Waals surface area (Å²) in [6, 6.07) is -1.32. The highest BCUT2D eigenvalue weighted by Crippen LogP contribution is 2.40. The second-order valence-corrected chi connectivity index (χ2v) is 10.8. The number of nitrogens with zero attached hydrogens (tertiary/aromatic N) is 6. The summed E-state index contributed by atoms with van der Waals surface area (Å²) in [6.45, 7) is 6.91. The molecule has 0 radical (unpaired) electrons. The number of nitrogens with one attached hydrogen (secondary N) is 1. The lowest BCUT2D eigenvalue weighted by Crippen LogP contribution is -2.52. The van der Waals surface area contributed by atoms with Crippen LogP contribution >= 0.6 is 0 Å². The van der Waals surface area contributed by atoms with Gasteiger partial charge in [-0.2, -0.15) is 0 Å². The van der Waals surface area contributed by atoms with Gasteiger partial charge < -0.3 is 19.9 Å². The molecule has 178 valence electrons. The lowest BCUT2D eigenvalue weighted by molar-refractivity contribution is -0.144. The van der Waals surface area contributed by atoms with E-state index in [-0.39, 0.29) is 30.8 Å². The molecule has 1 aliphatic carbocycles. The van der Waals surface area contributed by atoms with Crippen molar-refractivity contribution in [1.29, 1.82) is 0 Å². The van der Waals surface area contributed by atoms with Gasteiger partial charge in [-0.25, -0.2) is 9.67 Å². The SMILES string of the molecule is CC(C)(C)[C@H](C(=O)N1CC(O)CC1C(=O)NC1CCn2cncc2C1)n1cc(C2CC2)nn1. The molecule has 4 heterocycles. The number of aromatic nitrogens is 5. The first-order valence-corrected chi connectivity index (χ1v) is 11.9. The van der Waals surface area contributed by atoms with E-state index < -0.39 is 23.6 Å². The molecule has 3 aliphatic rings. The highest BCUT2D eigenvalue weighted by atomic mass is 16.3. The quantitative estimate of drug-likeness (QED) is 0.695. The summed E-state index contributed by atoms with van der Waals surface area (Å²) in [6.07, 6.45) is 8.76. The van der Waals surface area contributed by atoms with Crippen LogP contribution < -0.4 is 5.32 Å². The van der Waals surface area contributed by atoms with E-state index in [4.69, 9.17) is 0 Å². The van der Waals surface area contributed by atoms with Crippen LogP contribution in [0.4, 0.5) is 0 Å². The highest BCUT2D eigenvalue weighted by molar-refractivity contribution is 5.90. The topological polar surface area (TPSA) is 118 Å². The molecule has 0 aromatic carbocycles. The minimum atomic E-state index is -0.726. The second-order valence-electron chi connectivity index (χ2n) is 10.8. The van der Waals surface area contributed by atoms with E-state index in [1.165, 1.54) is 0 Å². The summed E-state index contributed by atoms with van der Waals surface area (Å²) >= 11 is 0. The number of aryl methyl sites for hydroxylation is 1. The summed E-state index contributed by atoms with van der Waals surface area (Å²) < 4.78 is 3.75. The Morgan fingerprint density at radius 2 is 2.03 bits per heavy atom. The Labute approximate surface area is 193 Å². The molecule has 1 saturated heterocycles. The number of imidazole rings is 1. The lowest BCUT2D eigenvalue weighted by Gasteiger charge is -2.35. The van der Waals surface area contributed by atoms with Crippen molar-refractivity contribution in [2.24, 2.45) is 5.41 Å². The van der Waals surface area contributed by atoms with E-state index in [0.717, 1.165) is 37.2 Å². The fourth-order valence-electron chi connectivity index (χ4n) is 5.12. The summed E-state index contributed by atoms with van der Waals surface area (Å²) in [5.41, 5.74) is 1.57. The van der Waals surface area contributed by atoms with Gasteiger partial charge in [0.05, 0.1) is 18.1 Å². The van der Waals surface area contributed by atoms with Crippen molar-refractivity contribution >= 4 is 11.8 Å². The molecule has 2 aromatic rings. The third kappa shape index (κ3) is 4.40. The average molecular weight is 456 g/mol. The van der Waals surface area contributed by atoms with Crippen LogP contribution in [-0.4, -0.2) is 71.1 Å². The fourth-order valence-corrected chi connectivity index (χ4v) is 5.12. The van der Waals surface area contributed by atoms with Crippen molar-refractivity contribution in [3.05, 3.63) is 30.1 Å². The molecule has 2 N–H and O–H groups in total. The van der Waals surface area contributed by atoms with Crippen molar-refractivity contribution < 1.29 is 14.7 Å². The van der Waals surface area contributed by atoms with Gasteiger partial charge in [0.15, 0.2) is 0 Å². The average Bonchev–Trinajstić information content (AvgIpc) is 3.13. The molecule has 2 aliphatic heterocycles. The summed E-state index contributed by atoms with van der Waals surface area (Å²) in [4.78, 5) is 32.8. The molecule has 5 rings (SSSR count). The number of carbonyl (C=O) groups excluding carboxylic acids is 2. The van der Waals surface area contributed by atoms with Gasteiger partial charge >= 0.3 is 0 Å². The van der Waals surface area contributed by atoms with Crippen LogP contribution in [0.25, 0.3) is 0 Å². The van der Waals surface area contributed by atoms with Gasteiger partial charge in [0.1, 0.15) is 12.1 Å². The predicted octanol–water partition coefficient (Wildman–Crippen LogP) is 1.03. The summed E-state index contributed by atoms with van der Waals surface area (Å²) in [7, 11) is 0. The lowest BCUT2D eigenvalue weighted by atomic mass is 9.85. The molecule has 33 heavy (non-hydrogen) atoms. The minimum absolute atomic E-state index is 0.00813. The molecule has 3 unspecified atom stereocenters. The molecule has 10 heteroatoms. The molecule has 2 aromatic heterocycles. The van der Waals surface area contributed by atoms with E-state index in [9.17, 15) is 14.7 Å². The van der Waals surface area contributed by atoms with Gasteiger partial charge in [0.25, 0.3) is 0 Å². The van der Waals surface area contributed by atoms with Crippen LogP contribution in [-0.2, 0) is 22.6 Å². The molecular formula is C23H33N7O3. The zero-order valence-corrected chi connectivity index (χ0v) is 19.5. The molecule has 2 fully saturated rings. The normalized spacial score (nSPS) is 26.2. The Bertz CT molecular complexity index is 1040. The van der Waals surface area contributed by atoms with Gasteiger partial charge in [0, 0.05) is 56.0 Å². The Kier molecular flexibility index (Phi) is 5.50. The number of β-amino-alcohol motifs (C(OH)–C–C–N with tert-alkyl or cyclic N) is 1.